The molecule has 2 aliphatic heterocycles. The van der Waals surface area contributed by atoms with Crippen LogP contribution < -0.4 is 11.1 Å². The Kier molecular flexibility index (Phi) is 4.48. The Hall–Kier alpha value is -0.650. The van der Waals surface area contributed by atoms with E-state index in [1.165, 1.54) is 0 Å². The largest absolute Gasteiger partial charge is 0.379 e. The van der Waals surface area contributed by atoms with Gasteiger partial charge in [-0.25, -0.2) is 0 Å². The Morgan fingerprint density at radius 3 is 2.84 bits per heavy atom. The van der Waals surface area contributed by atoms with E-state index in [0.717, 1.165) is 26.1 Å². The van der Waals surface area contributed by atoms with Crippen LogP contribution in [0.2, 0.25) is 0 Å². The maximum absolute atomic E-state index is 12.3. The number of likely N-dealkylation sites (tertiary alicyclic amines) is 1. The van der Waals surface area contributed by atoms with Crippen molar-refractivity contribution in [2.24, 2.45) is 17.1 Å². The molecule has 3 atom stereocenters. The number of nitrogens with one attached hydrogen (secondary N) is 1. The van der Waals surface area contributed by atoms with Crippen molar-refractivity contribution in [2.45, 2.75) is 39.3 Å². The van der Waals surface area contributed by atoms with Crippen LogP contribution in [0.5, 0.6) is 0 Å². The molecule has 0 bridgehead atoms. The van der Waals surface area contributed by atoms with E-state index in [4.69, 9.17) is 10.5 Å². The van der Waals surface area contributed by atoms with Crippen LogP contribution in [0.1, 0.15) is 27.2 Å². The van der Waals surface area contributed by atoms with Crippen LogP contribution in [0.15, 0.2) is 0 Å². The van der Waals surface area contributed by atoms with E-state index >= 15 is 0 Å². The summed E-state index contributed by atoms with van der Waals surface area (Å²) in [6.45, 7) is 10.2. The topological polar surface area (TPSA) is 67.6 Å². The van der Waals surface area contributed by atoms with Gasteiger partial charge in [-0.15, -0.1) is 0 Å². The van der Waals surface area contributed by atoms with Crippen molar-refractivity contribution in [3.8, 4) is 0 Å². The van der Waals surface area contributed by atoms with E-state index in [-0.39, 0.29) is 11.9 Å². The highest BCUT2D eigenvalue weighted by Crippen LogP contribution is 2.27. The highest BCUT2D eigenvalue weighted by atomic mass is 16.5. The molecule has 2 heterocycles. The molecule has 0 aromatic carbocycles. The SMILES string of the molecule is CC(C)N1CCC(CNC(=O)C2(C)COCC2N)C1. The van der Waals surface area contributed by atoms with Gasteiger partial charge < -0.3 is 20.7 Å². The van der Waals surface area contributed by atoms with Crippen molar-refractivity contribution in [3.63, 3.8) is 0 Å². The molecule has 1 amide bonds. The van der Waals surface area contributed by atoms with Gasteiger partial charge in [0.1, 0.15) is 0 Å². The quantitative estimate of drug-likeness (QED) is 0.765. The van der Waals surface area contributed by atoms with Gasteiger partial charge in [-0.2, -0.15) is 0 Å². The van der Waals surface area contributed by atoms with E-state index in [0.29, 0.717) is 25.2 Å². The second kappa shape index (κ2) is 5.77. The van der Waals surface area contributed by atoms with Gasteiger partial charge in [0.25, 0.3) is 0 Å². The molecule has 2 saturated heterocycles. The zero-order valence-electron chi connectivity index (χ0n) is 12.3. The molecule has 19 heavy (non-hydrogen) atoms. The fourth-order valence-corrected chi connectivity index (χ4v) is 2.86. The minimum atomic E-state index is -0.559. The van der Waals surface area contributed by atoms with Crippen LogP contribution in [-0.2, 0) is 9.53 Å². The lowest BCUT2D eigenvalue weighted by Crippen LogP contribution is -2.50. The lowest BCUT2D eigenvalue weighted by atomic mass is 9.84. The van der Waals surface area contributed by atoms with Crippen LogP contribution in [0.4, 0.5) is 0 Å². The Bertz CT molecular complexity index is 335. The fraction of sp³-hybridized carbons (Fsp3) is 0.929. The summed E-state index contributed by atoms with van der Waals surface area (Å²) in [5.74, 6) is 0.606. The van der Waals surface area contributed by atoms with Gasteiger partial charge in [-0.3, -0.25) is 4.79 Å². The summed E-state index contributed by atoms with van der Waals surface area (Å²) in [4.78, 5) is 14.7. The van der Waals surface area contributed by atoms with Crippen LogP contribution in [0, 0.1) is 11.3 Å². The van der Waals surface area contributed by atoms with Gasteiger partial charge in [0, 0.05) is 25.2 Å². The standard InChI is InChI=1S/C14H27N3O2/c1-10(2)17-5-4-11(7-17)6-16-13(18)14(3)9-19-8-12(14)15/h10-12H,4-9,15H2,1-3H3,(H,16,18). The number of amides is 1. The first kappa shape index (κ1) is 14.8. The number of hydrogen-bond donors (Lipinski definition) is 2. The minimum absolute atomic E-state index is 0.0421. The third-order valence-corrected chi connectivity index (χ3v) is 4.64. The average molecular weight is 269 g/mol. The van der Waals surface area contributed by atoms with Crippen molar-refractivity contribution in [3.05, 3.63) is 0 Å². The Labute approximate surface area is 115 Å². The molecule has 0 spiro atoms. The van der Waals surface area contributed by atoms with Crippen LogP contribution in [0.25, 0.3) is 0 Å². The summed E-state index contributed by atoms with van der Waals surface area (Å²) in [7, 11) is 0. The molecule has 2 aliphatic rings. The Balaban J connectivity index is 1.78. The average Bonchev–Trinajstić information content (AvgIpc) is 2.95. The monoisotopic (exact) mass is 269 g/mol. The summed E-state index contributed by atoms with van der Waals surface area (Å²) >= 11 is 0. The van der Waals surface area contributed by atoms with Crippen molar-refractivity contribution >= 4 is 5.91 Å². The zero-order chi connectivity index (χ0) is 14.0. The number of hydrogen-bond acceptors (Lipinski definition) is 4. The Morgan fingerprint density at radius 2 is 2.32 bits per heavy atom. The van der Waals surface area contributed by atoms with Crippen LogP contribution >= 0.6 is 0 Å². The lowest BCUT2D eigenvalue weighted by molar-refractivity contribution is -0.130. The molecule has 0 radical (unpaired) electrons. The lowest BCUT2D eigenvalue weighted by Gasteiger charge is -2.26. The minimum Gasteiger partial charge on any atom is -0.379 e. The van der Waals surface area contributed by atoms with Crippen LogP contribution in [-0.4, -0.2) is 55.7 Å². The molecular weight excluding hydrogens is 242 g/mol. The fourth-order valence-electron chi connectivity index (χ4n) is 2.86. The summed E-state index contributed by atoms with van der Waals surface area (Å²) in [5.41, 5.74) is 5.41. The molecule has 5 nitrogen and oxygen atoms in total. The van der Waals surface area contributed by atoms with Gasteiger partial charge in [-0.1, -0.05) is 0 Å². The molecule has 5 heteroatoms. The molecular formula is C14H27N3O2. The first-order valence-electron chi connectivity index (χ1n) is 7.29. The molecule has 2 rings (SSSR count). The number of carbonyl (C=O) groups excluding carboxylic acids is 1. The summed E-state index contributed by atoms with van der Waals surface area (Å²) < 4.78 is 5.32. The van der Waals surface area contributed by atoms with Crippen molar-refractivity contribution in [1.29, 1.82) is 0 Å². The molecule has 3 N–H and O–H groups in total. The first-order chi connectivity index (χ1) is 8.93. The third kappa shape index (κ3) is 3.09. The molecule has 0 aliphatic carbocycles. The van der Waals surface area contributed by atoms with Crippen LogP contribution in [0.3, 0.4) is 0 Å². The second-order valence-electron chi connectivity index (χ2n) is 6.49. The number of carbonyl (C=O) groups is 1. The number of rotatable bonds is 4. The molecule has 3 unspecified atom stereocenters. The van der Waals surface area contributed by atoms with Gasteiger partial charge in [0.05, 0.1) is 18.6 Å². The maximum atomic E-state index is 12.3. The van der Waals surface area contributed by atoms with Gasteiger partial charge >= 0.3 is 0 Å². The van der Waals surface area contributed by atoms with Crippen molar-refractivity contribution < 1.29 is 9.53 Å². The molecule has 0 saturated carbocycles. The van der Waals surface area contributed by atoms with Gasteiger partial charge in [0.2, 0.25) is 5.91 Å². The normalized spacial score (nSPS) is 36.1. The number of nitrogens with two attached hydrogens (primary N) is 1. The Morgan fingerprint density at radius 1 is 1.58 bits per heavy atom. The third-order valence-electron chi connectivity index (χ3n) is 4.64. The summed E-state index contributed by atoms with van der Waals surface area (Å²) in [5, 5.41) is 3.07. The van der Waals surface area contributed by atoms with Crippen molar-refractivity contribution in [2.75, 3.05) is 32.8 Å². The van der Waals surface area contributed by atoms with Gasteiger partial charge in [-0.05, 0) is 39.7 Å². The van der Waals surface area contributed by atoms with E-state index in [1.807, 2.05) is 6.92 Å². The van der Waals surface area contributed by atoms with Crippen molar-refractivity contribution in [1.82, 2.24) is 10.2 Å². The summed E-state index contributed by atoms with van der Waals surface area (Å²) in [6, 6.07) is 0.401. The van der Waals surface area contributed by atoms with E-state index in [1.54, 1.807) is 0 Å². The predicted octanol–water partition coefficient (Wildman–Crippen LogP) is 0.197. The highest BCUT2D eigenvalue weighted by molar-refractivity contribution is 5.83. The zero-order valence-corrected chi connectivity index (χ0v) is 12.3. The smallest absolute Gasteiger partial charge is 0.229 e. The number of nitrogens with zero attached hydrogens (tertiary/aromatic N) is 1. The molecule has 2 fully saturated rings. The molecule has 110 valence electrons. The van der Waals surface area contributed by atoms with E-state index < -0.39 is 5.41 Å². The maximum Gasteiger partial charge on any atom is 0.229 e. The molecule has 0 aromatic heterocycles. The summed E-state index contributed by atoms with van der Waals surface area (Å²) in [6.07, 6.45) is 1.16. The first-order valence-corrected chi connectivity index (χ1v) is 7.29. The van der Waals surface area contributed by atoms with Gasteiger partial charge in [0.15, 0.2) is 0 Å². The predicted molar refractivity (Wildman–Crippen MR) is 74.7 cm³/mol. The molecule has 0 aromatic rings. The highest BCUT2D eigenvalue weighted by Gasteiger charge is 2.44. The van der Waals surface area contributed by atoms with E-state index in [2.05, 4.69) is 24.1 Å². The van der Waals surface area contributed by atoms with E-state index in [9.17, 15) is 4.79 Å². The number of ether oxygens (including phenoxy) is 1. The second-order valence-corrected chi connectivity index (χ2v) is 6.49.